The van der Waals surface area contributed by atoms with Crippen LogP contribution in [0.1, 0.15) is 27.7 Å². The van der Waals surface area contributed by atoms with Gasteiger partial charge in [-0.1, -0.05) is 39.8 Å². The molecule has 2 nitrogen and oxygen atoms in total. The fourth-order valence-corrected chi connectivity index (χ4v) is 4.08. The molecule has 2 heterocycles. The van der Waals surface area contributed by atoms with Crippen molar-refractivity contribution in [1.82, 2.24) is 0 Å². The number of rotatable bonds is 0. The zero-order valence-corrected chi connectivity index (χ0v) is 12.4. The predicted molar refractivity (Wildman–Crippen MR) is 79.4 cm³/mol. The van der Waals surface area contributed by atoms with Gasteiger partial charge in [0.15, 0.2) is 5.78 Å². The van der Waals surface area contributed by atoms with Crippen LogP contribution in [0.4, 0.5) is 0 Å². The molecule has 0 N–H and O–H groups in total. The maximum Gasteiger partial charge on any atom is 0.171 e. The van der Waals surface area contributed by atoms with Crippen LogP contribution in [0.5, 0.6) is 0 Å². The second kappa shape index (κ2) is 4.37. The lowest BCUT2D eigenvalue weighted by molar-refractivity contribution is -0.132. The maximum absolute atomic E-state index is 13.0. The van der Waals surface area contributed by atoms with Gasteiger partial charge in [-0.25, -0.2) is 0 Å². The van der Waals surface area contributed by atoms with E-state index in [1.807, 2.05) is 49.9 Å². The monoisotopic (exact) mass is 263 g/mol. The molecule has 0 aromatic heterocycles. The summed E-state index contributed by atoms with van der Waals surface area (Å²) in [5.41, 5.74) is -1.21. The number of carbonyl (C=O) groups excluding carboxylic acids is 1. The molecule has 2 aliphatic heterocycles. The molecule has 0 saturated carbocycles. The summed E-state index contributed by atoms with van der Waals surface area (Å²) in [5.74, 6) is 2.05. The van der Waals surface area contributed by atoms with Gasteiger partial charge in [-0.05, 0) is 12.2 Å². The van der Waals surface area contributed by atoms with E-state index < -0.39 is 5.54 Å². The van der Waals surface area contributed by atoms with Gasteiger partial charge in [0.2, 0.25) is 0 Å². The van der Waals surface area contributed by atoms with Gasteiger partial charge in [-0.2, -0.15) is 11.8 Å². The topological polar surface area (TPSA) is 29.4 Å². The standard InChI is InChI=1S/C15H21NOS/c1-13(2)10-18-11-14(3,4)15(12(13)17)8-6-5-7-9-16-15/h5-9H,10-11H2,1-4H3/t15-/m0/s1. The molecule has 0 amide bonds. The zero-order valence-electron chi connectivity index (χ0n) is 11.6. The van der Waals surface area contributed by atoms with Gasteiger partial charge in [-0.3, -0.25) is 9.79 Å². The van der Waals surface area contributed by atoms with E-state index in [2.05, 4.69) is 18.8 Å². The van der Waals surface area contributed by atoms with E-state index in [9.17, 15) is 4.79 Å². The fraction of sp³-hybridized carbons (Fsp3) is 0.600. The first-order valence-corrected chi connectivity index (χ1v) is 7.50. The average molecular weight is 263 g/mol. The first-order chi connectivity index (χ1) is 8.32. The quantitative estimate of drug-likeness (QED) is 0.671. The predicted octanol–water partition coefficient (Wildman–Crippen LogP) is 3.29. The minimum atomic E-state index is -0.719. The van der Waals surface area contributed by atoms with Crippen molar-refractivity contribution in [1.29, 1.82) is 0 Å². The Bertz CT molecular complexity index is 427. The van der Waals surface area contributed by atoms with E-state index in [-0.39, 0.29) is 16.6 Å². The molecule has 0 bridgehead atoms. The number of hydrogen-bond donors (Lipinski definition) is 0. The van der Waals surface area contributed by atoms with Crippen LogP contribution in [-0.2, 0) is 4.79 Å². The van der Waals surface area contributed by atoms with Gasteiger partial charge in [0.05, 0.1) is 0 Å². The maximum atomic E-state index is 13.0. The van der Waals surface area contributed by atoms with Crippen molar-refractivity contribution >= 4 is 23.8 Å². The van der Waals surface area contributed by atoms with Gasteiger partial charge in [0, 0.05) is 28.6 Å². The molecule has 1 fully saturated rings. The van der Waals surface area contributed by atoms with Gasteiger partial charge in [0.1, 0.15) is 5.54 Å². The Morgan fingerprint density at radius 2 is 1.83 bits per heavy atom. The van der Waals surface area contributed by atoms with Crippen molar-refractivity contribution < 1.29 is 4.79 Å². The average Bonchev–Trinajstić information content (AvgIpc) is 2.55. The third-order valence-electron chi connectivity index (χ3n) is 3.84. The number of aliphatic imine (C=N–C) groups is 1. The first-order valence-electron chi connectivity index (χ1n) is 6.34. The molecule has 1 spiro atoms. The van der Waals surface area contributed by atoms with Crippen LogP contribution in [0.15, 0.2) is 29.3 Å². The van der Waals surface area contributed by atoms with Crippen molar-refractivity contribution in [3.8, 4) is 0 Å². The number of thioether (sulfide) groups is 1. The Balaban J connectivity index is 2.60. The molecule has 18 heavy (non-hydrogen) atoms. The minimum absolute atomic E-state index is 0.165. The second-order valence-corrected chi connectivity index (χ2v) is 7.36. The Morgan fingerprint density at radius 3 is 2.56 bits per heavy atom. The number of carbonyl (C=O) groups is 1. The van der Waals surface area contributed by atoms with Crippen LogP contribution in [0, 0.1) is 10.8 Å². The highest BCUT2D eigenvalue weighted by Crippen LogP contribution is 2.47. The summed E-state index contributed by atoms with van der Waals surface area (Å²) in [5, 5.41) is 0. The summed E-state index contributed by atoms with van der Waals surface area (Å²) in [6.45, 7) is 8.36. The summed E-state index contributed by atoms with van der Waals surface area (Å²) >= 11 is 1.86. The molecule has 0 unspecified atom stereocenters. The summed E-state index contributed by atoms with van der Waals surface area (Å²) in [4.78, 5) is 17.6. The van der Waals surface area contributed by atoms with E-state index >= 15 is 0 Å². The van der Waals surface area contributed by atoms with Gasteiger partial charge < -0.3 is 0 Å². The number of Topliss-reactive ketones (excluding diaryl/α,β-unsaturated/α-hetero) is 1. The van der Waals surface area contributed by atoms with Crippen LogP contribution >= 0.6 is 11.8 Å². The first kappa shape index (κ1) is 13.6. The largest absolute Gasteiger partial charge is 0.296 e. The molecule has 98 valence electrons. The molecule has 0 aromatic carbocycles. The molecule has 2 aliphatic rings. The zero-order chi connectivity index (χ0) is 13.4. The number of nitrogens with zero attached hydrogens (tertiary/aromatic N) is 1. The van der Waals surface area contributed by atoms with Crippen LogP contribution in [0.25, 0.3) is 0 Å². The number of ketones is 1. The lowest BCUT2D eigenvalue weighted by Crippen LogP contribution is -2.53. The van der Waals surface area contributed by atoms with E-state index in [4.69, 9.17) is 0 Å². The van der Waals surface area contributed by atoms with Crippen LogP contribution in [0.3, 0.4) is 0 Å². The molecule has 0 aromatic rings. The SMILES string of the molecule is CC1(C)CSCC(C)(C)[C@]2(C=CC=CC=N2)C1=O. The molecular weight excluding hydrogens is 242 g/mol. The Kier molecular flexibility index (Phi) is 3.30. The van der Waals surface area contributed by atoms with Crippen LogP contribution in [0.2, 0.25) is 0 Å². The van der Waals surface area contributed by atoms with Gasteiger partial charge >= 0.3 is 0 Å². The van der Waals surface area contributed by atoms with Gasteiger partial charge in [0.25, 0.3) is 0 Å². The molecular formula is C15H21NOS. The molecule has 2 rings (SSSR count). The van der Waals surface area contributed by atoms with Crippen LogP contribution in [-0.4, -0.2) is 29.0 Å². The lowest BCUT2D eigenvalue weighted by atomic mass is 9.65. The number of hydrogen-bond acceptors (Lipinski definition) is 3. The van der Waals surface area contributed by atoms with E-state index in [0.717, 1.165) is 11.5 Å². The summed E-state index contributed by atoms with van der Waals surface area (Å²) in [7, 11) is 0. The molecule has 3 heteroatoms. The third kappa shape index (κ3) is 1.99. The van der Waals surface area contributed by atoms with Gasteiger partial charge in [-0.15, -0.1) is 0 Å². The molecule has 0 radical (unpaired) electrons. The Labute approximate surface area is 114 Å². The second-order valence-electron chi connectivity index (χ2n) is 6.38. The highest BCUT2D eigenvalue weighted by Gasteiger charge is 2.55. The lowest BCUT2D eigenvalue weighted by Gasteiger charge is -2.41. The smallest absolute Gasteiger partial charge is 0.171 e. The normalized spacial score (nSPS) is 33.4. The highest BCUT2D eigenvalue weighted by atomic mass is 32.2. The summed E-state index contributed by atoms with van der Waals surface area (Å²) < 4.78 is 0. The summed E-state index contributed by atoms with van der Waals surface area (Å²) in [6.07, 6.45) is 9.54. The Morgan fingerprint density at radius 1 is 1.11 bits per heavy atom. The molecule has 1 saturated heterocycles. The third-order valence-corrected chi connectivity index (χ3v) is 5.69. The van der Waals surface area contributed by atoms with Crippen molar-refractivity contribution in [2.75, 3.05) is 11.5 Å². The van der Waals surface area contributed by atoms with E-state index in [1.54, 1.807) is 6.21 Å². The molecule has 0 aliphatic carbocycles. The van der Waals surface area contributed by atoms with Crippen LogP contribution < -0.4 is 0 Å². The minimum Gasteiger partial charge on any atom is -0.296 e. The van der Waals surface area contributed by atoms with Crippen molar-refractivity contribution in [3.63, 3.8) is 0 Å². The molecule has 1 atom stereocenters. The van der Waals surface area contributed by atoms with Crippen molar-refractivity contribution in [2.45, 2.75) is 33.2 Å². The van der Waals surface area contributed by atoms with Crippen molar-refractivity contribution in [3.05, 3.63) is 24.3 Å². The van der Waals surface area contributed by atoms with Crippen molar-refractivity contribution in [2.24, 2.45) is 15.8 Å². The Hall–Kier alpha value is -0.830. The highest BCUT2D eigenvalue weighted by molar-refractivity contribution is 7.99. The summed E-state index contributed by atoms with van der Waals surface area (Å²) in [6, 6.07) is 0. The van der Waals surface area contributed by atoms with E-state index in [1.165, 1.54) is 0 Å². The number of allylic oxidation sites excluding steroid dienone is 3. The van der Waals surface area contributed by atoms with E-state index in [0.29, 0.717) is 0 Å². The fourth-order valence-electron chi connectivity index (χ4n) is 2.61.